The van der Waals surface area contributed by atoms with Crippen LogP contribution in [0.5, 0.6) is 0 Å². The summed E-state index contributed by atoms with van der Waals surface area (Å²) in [4.78, 5) is 19.5. The first-order chi connectivity index (χ1) is 12.8. The highest BCUT2D eigenvalue weighted by Gasteiger charge is 2.29. The molecule has 0 aliphatic carbocycles. The molecule has 0 rings (SSSR count). The van der Waals surface area contributed by atoms with Gasteiger partial charge in [-0.25, -0.2) is 9.59 Å². The predicted octanol–water partition coefficient (Wildman–Crippen LogP) is -0.0430. The van der Waals surface area contributed by atoms with Crippen LogP contribution in [0, 0.1) is 11.8 Å². The maximum absolute atomic E-state index is 9.77. The maximum atomic E-state index is 9.77. The van der Waals surface area contributed by atoms with Crippen LogP contribution in [0.25, 0.3) is 0 Å². The number of hydrogen-bond acceptors (Lipinski definition) is 8. The van der Waals surface area contributed by atoms with Gasteiger partial charge in [-0.05, 0) is 25.7 Å². The minimum Gasteiger partial charge on any atom is -0.479 e. The first-order valence-electron chi connectivity index (χ1n) is 9.06. The van der Waals surface area contributed by atoms with Crippen molar-refractivity contribution in [2.24, 2.45) is 11.8 Å². The molecular weight excluding hydrogens is 376 g/mol. The molecule has 0 heterocycles. The van der Waals surface area contributed by atoms with Crippen LogP contribution in [-0.4, -0.2) is 93.4 Å². The molecule has 10 heteroatoms. The molecule has 0 fully saturated rings. The lowest BCUT2D eigenvalue weighted by Crippen LogP contribution is -2.39. The molecule has 0 aliphatic rings. The van der Waals surface area contributed by atoms with Gasteiger partial charge in [0.25, 0.3) is 0 Å². The molecule has 0 saturated heterocycles. The van der Waals surface area contributed by atoms with Crippen LogP contribution < -0.4 is 0 Å². The zero-order chi connectivity index (χ0) is 22.9. The van der Waals surface area contributed by atoms with Crippen LogP contribution in [0.1, 0.15) is 41.5 Å². The number of carboxylic acids is 2. The van der Waals surface area contributed by atoms with Gasteiger partial charge in [0.05, 0.1) is 25.4 Å². The minimum atomic E-state index is -2.27. The smallest absolute Gasteiger partial charge is 0.335 e. The Kier molecular flexibility index (Phi) is 21.3. The first-order valence-corrected chi connectivity index (χ1v) is 9.06. The van der Waals surface area contributed by atoms with Gasteiger partial charge in [-0.15, -0.1) is 0 Å². The average Bonchev–Trinajstić information content (AvgIpc) is 2.58. The van der Waals surface area contributed by atoms with Crippen molar-refractivity contribution < 1.29 is 49.7 Å². The monoisotopic (exact) mass is 414 g/mol. The molecule has 0 bridgehead atoms. The Hall–Kier alpha value is -1.30. The van der Waals surface area contributed by atoms with E-state index in [1.54, 1.807) is 13.8 Å². The van der Waals surface area contributed by atoms with E-state index < -0.39 is 30.3 Å². The third-order valence-electron chi connectivity index (χ3n) is 2.59. The Morgan fingerprint density at radius 1 is 0.750 bits per heavy atom. The van der Waals surface area contributed by atoms with Crippen LogP contribution in [0.4, 0.5) is 0 Å². The van der Waals surface area contributed by atoms with Gasteiger partial charge >= 0.3 is 11.9 Å². The second-order valence-electron chi connectivity index (χ2n) is 7.07. The van der Waals surface area contributed by atoms with Crippen molar-refractivity contribution in [1.82, 2.24) is 0 Å². The third kappa shape index (κ3) is 24.7. The van der Waals surface area contributed by atoms with Gasteiger partial charge in [0, 0.05) is 13.2 Å². The Labute approximate surface area is 166 Å². The van der Waals surface area contributed by atoms with E-state index in [0.29, 0.717) is 18.4 Å². The van der Waals surface area contributed by atoms with Gasteiger partial charge in [-0.3, -0.25) is 0 Å². The van der Waals surface area contributed by atoms with Gasteiger partial charge < -0.3 is 40.1 Å². The van der Waals surface area contributed by atoms with Gasteiger partial charge in [0.1, 0.15) is 0 Å². The Balaban J connectivity index is -0.000000336. The van der Waals surface area contributed by atoms with Crippen LogP contribution in [0.15, 0.2) is 0 Å². The SMILES string of the molecule is CC(C)COCC(C)C.CC(O)COC(C)CO.O=C(O)C(O)C(O)C(=O)O. The highest BCUT2D eigenvalue weighted by atomic mass is 16.5. The van der Waals surface area contributed by atoms with Gasteiger partial charge in [0.2, 0.25) is 0 Å². The number of carbonyl (C=O) groups is 2. The summed E-state index contributed by atoms with van der Waals surface area (Å²) >= 11 is 0. The fourth-order valence-electron chi connectivity index (χ4n) is 1.17. The minimum absolute atomic E-state index is 0.00667. The van der Waals surface area contributed by atoms with Crippen molar-refractivity contribution in [3.63, 3.8) is 0 Å². The van der Waals surface area contributed by atoms with E-state index in [2.05, 4.69) is 27.7 Å². The molecule has 0 aromatic carbocycles. The zero-order valence-electron chi connectivity index (χ0n) is 17.6. The van der Waals surface area contributed by atoms with Crippen LogP contribution >= 0.6 is 0 Å². The molecule has 4 unspecified atom stereocenters. The Morgan fingerprint density at radius 3 is 1.32 bits per heavy atom. The third-order valence-corrected chi connectivity index (χ3v) is 2.59. The molecule has 0 spiro atoms. The summed E-state index contributed by atoms with van der Waals surface area (Å²) < 4.78 is 10.3. The molecular formula is C18H38O10. The molecule has 0 radical (unpaired) electrons. The molecule has 0 saturated carbocycles. The number of aliphatic hydroxyl groups excluding tert-OH is 4. The average molecular weight is 414 g/mol. The quantitative estimate of drug-likeness (QED) is 0.269. The summed E-state index contributed by atoms with van der Waals surface area (Å²) in [5.41, 5.74) is 0. The summed E-state index contributed by atoms with van der Waals surface area (Å²) in [6, 6.07) is 0. The van der Waals surface area contributed by atoms with Crippen molar-refractivity contribution >= 4 is 11.9 Å². The predicted molar refractivity (Wildman–Crippen MR) is 102 cm³/mol. The summed E-state index contributed by atoms with van der Waals surface area (Å²) in [6.45, 7) is 14.2. The van der Waals surface area contributed by atoms with Crippen molar-refractivity contribution in [3.8, 4) is 0 Å². The fourth-order valence-corrected chi connectivity index (χ4v) is 1.17. The molecule has 0 aromatic rings. The molecule has 4 atom stereocenters. The van der Waals surface area contributed by atoms with Crippen molar-refractivity contribution in [1.29, 1.82) is 0 Å². The lowest BCUT2D eigenvalue weighted by atomic mass is 10.2. The largest absolute Gasteiger partial charge is 0.479 e. The van der Waals surface area contributed by atoms with E-state index in [4.69, 9.17) is 40.1 Å². The number of hydrogen-bond donors (Lipinski definition) is 6. The van der Waals surface area contributed by atoms with Crippen LogP contribution in [0.2, 0.25) is 0 Å². The molecule has 0 aliphatic heterocycles. The van der Waals surface area contributed by atoms with Crippen molar-refractivity contribution in [2.75, 3.05) is 26.4 Å². The molecule has 6 N–H and O–H groups in total. The Bertz CT molecular complexity index is 359. The fraction of sp³-hybridized carbons (Fsp3) is 0.889. The van der Waals surface area contributed by atoms with E-state index in [-0.39, 0.29) is 12.7 Å². The summed E-state index contributed by atoms with van der Waals surface area (Å²) in [6.07, 6.45) is -5.14. The molecule has 170 valence electrons. The summed E-state index contributed by atoms with van der Waals surface area (Å²) in [5, 5.41) is 49.7. The first kappa shape index (κ1) is 31.4. The van der Waals surface area contributed by atoms with E-state index in [0.717, 1.165) is 13.2 Å². The second-order valence-corrected chi connectivity index (χ2v) is 7.07. The van der Waals surface area contributed by atoms with Crippen molar-refractivity contribution in [2.45, 2.75) is 66.0 Å². The Morgan fingerprint density at radius 2 is 1.11 bits per heavy atom. The highest BCUT2D eigenvalue weighted by Crippen LogP contribution is 1.96. The van der Waals surface area contributed by atoms with Crippen LogP contribution in [-0.2, 0) is 19.1 Å². The zero-order valence-corrected chi connectivity index (χ0v) is 17.6. The lowest BCUT2D eigenvalue weighted by Gasteiger charge is -2.10. The normalized spacial score (nSPS) is 14.9. The molecule has 0 aromatic heterocycles. The van der Waals surface area contributed by atoms with E-state index in [1.165, 1.54) is 0 Å². The second kappa shape index (κ2) is 19.0. The number of carboxylic acid groups (broad SMARTS) is 2. The molecule has 0 amide bonds. The van der Waals surface area contributed by atoms with Gasteiger partial charge in [-0.1, -0.05) is 27.7 Å². The number of aliphatic hydroxyl groups is 4. The summed E-state index contributed by atoms with van der Waals surface area (Å²) in [5.74, 6) is -2.20. The highest BCUT2D eigenvalue weighted by molar-refractivity contribution is 5.83. The number of ether oxygens (including phenoxy) is 2. The van der Waals surface area contributed by atoms with Gasteiger partial charge in [0.15, 0.2) is 12.2 Å². The van der Waals surface area contributed by atoms with Gasteiger partial charge in [-0.2, -0.15) is 0 Å². The molecule has 28 heavy (non-hydrogen) atoms. The van der Waals surface area contributed by atoms with Crippen molar-refractivity contribution in [3.05, 3.63) is 0 Å². The lowest BCUT2D eigenvalue weighted by molar-refractivity contribution is -0.165. The van der Waals surface area contributed by atoms with E-state index >= 15 is 0 Å². The van der Waals surface area contributed by atoms with E-state index in [9.17, 15) is 9.59 Å². The number of rotatable bonds is 11. The maximum Gasteiger partial charge on any atom is 0.335 e. The van der Waals surface area contributed by atoms with Crippen LogP contribution in [0.3, 0.4) is 0 Å². The number of aliphatic carboxylic acids is 2. The van der Waals surface area contributed by atoms with E-state index in [1.807, 2.05) is 0 Å². The summed E-state index contributed by atoms with van der Waals surface area (Å²) in [7, 11) is 0. The topological polar surface area (TPSA) is 174 Å². The molecule has 10 nitrogen and oxygen atoms in total. The standard InChI is InChI=1S/C8H18O.C6H14O3.C4H6O6/c1-7(2)5-9-6-8(3)4;1-5(8)4-9-6(2)3-7;5-1(3(7)8)2(6)4(9)10/h7-8H,5-6H2,1-4H3;5-8H,3-4H2,1-2H3;1-2,5-6H,(H,7,8)(H,9,10).